The van der Waals surface area contributed by atoms with E-state index in [1.807, 2.05) is 97.1 Å². The molecule has 0 bridgehead atoms. The summed E-state index contributed by atoms with van der Waals surface area (Å²) in [6.07, 6.45) is -5.95. The molecule has 5 atom stereocenters. The molecule has 2 N–H and O–H groups in total. The Bertz CT molecular complexity index is 2010. The van der Waals surface area contributed by atoms with E-state index >= 15 is 0 Å². The van der Waals surface area contributed by atoms with E-state index < -0.39 is 30.3 Å². The Morgan fingerprint density at radius 1 is 0.873 bits per heavy atom. The number of thioether (sulfide) groups is 1. The van der Waals surface area contributed by atoms with E-state index in [0.29, 0.717) is 33.6 Å². The Balaban J connectivity index is 1.07. The summed E-state index contributed by atoms with van der Waals surface area (Å²) in [5, 5.41) is 12.8. The molecule has 4 aromatic carbocycles. The van der Waals surface area contributed by atoms with Gasteiger partial charge in [0, 0.05) is 41.5 Å². The van der Waals surface area contributed by atoms with Crippen molar-refractivity contribution in [3.63, 3.8) is 0 Å². The van der Waals surface area contributed by atoms with Gasteiger partial charge < -0.3 is 29.2 Å². The summed E-state index contributed by atoms with van der Waals surface area (Å²) in [5.41, 5.74) is 5.79. The van der Waals surface area contributed by atoms with Crippen molar-refractivity contribution < 1.29 is 41.8 Å². The molecule has 2 amide bonds. The van der Waals surface area contributed by atoms with Gasteiger partial charge in [-0.25, -0.2) is 4.98 Å². The Morgan fingerprint density at radius 2 is 1.51 bits per heavy atom. The first kappa shape index (κ1) is 38.3. The summed E-state index contributed by atoms with van der Waals surface area (Å²) in [7, 11) is 0. The fraction of sp³-hybridized carbons (Fsp3) is 0.310. The fourth-order valence-electron chi connectivity index (χ4n) is 6.95. The monoisotopic (exact) mass is 771 g/mol. The summed E-state index contributed by atoms with van der Waals surface area (Å²) in [4.78, 5) is 30.2. The number of hydrogen-bond donors (Lipinski definition) is 2. The molecule has 0 spiro atoms. The van der Waals surface area contributed by atoms with Gasteiger partial charge >= 0.3 is 12.1 Å². The average molecular weight is 772 g/mol. The van der Waals surface area contributed by atoms with Gasteiger partial charge in [-0.05, 0) is 29.5 Å². The van der Waals surface area contributed by atoms with Gasteiger partial charge in [0.1, 0.15) is 11.7 Å². The Kier molecular flexibility index (Phi) is 11.7. The van der Waals surface area contributed by atoms with Gasteiger partial charge in [-0.3, -0.25) is 9.59 Å². The lowest BCUT2D eigenvalue weighted by molar-refractivity contribution is -0.268. The topological polar surface area (TPSA) is 114 Å². The van der Waals surface area contributed by atoms with Crippen LogP contribution in [0.4, 0.5) is 13.2 Å². The first-order chi connectivity index (χ1) is 26.6. The van der Waals surface area contributed by atoms with E-state index in [0.717, 1.165) is 33.5 Å². The van der Waals surface area contributed by atoms with E-state index in [9.17, 15) is 27.9 Å². The number of oxazole rings is 1. The van der Waals surface area contributed by atoms with Gasteiger partial charge in [0.2, 0.25) is 5.91 Å². The molecule has 7 rings (SSSR count). The minimum absolute atomic E-state index is 0.0677. The molecule has 2 fully saturated rings. The second-order valence-electron chi connectivity index (χ2n) is 13.6. The number of alkyl halides is 3. The van der Waals surface area contributed by atoms with Gasteiger partial charge in [0.05, 0.1) is 18.8 Å². The molecular weight excluding hydrogens is 732 g/mol. The number of aromatic nitrogens is 1. The van der Waals surface area contributed by atoms with Crippen LogP contribution in [-0.2, 0) is 32.2 Å². The lowest BCUT2D eigenvalue weighted by Crippen LogP contribution is -2.50. The summed E-state index contributed by atoms with van der Waals surface area (Å²) >= 11 is 1.46. The molecule has 3 heterocycles. The van der Waals surface area contributed by atoms with Crippen LogP contribution < -0.4 is 5.32 Å². The minimum Gasteiger partial charge on any atom is -0.431 e. The highest BCUT2D eigenvalue weighted by atomic mass is 32.2. The number of likely N-dealkylation sites (tertiary alicyclic amines) is 1. The van der Waals surface area contributed by atoms with Crippen LogP contribution in [0.2, 0.25) is 0 Å². The van der Waals surface area contributed by atoms with E-state index in [4.69, 9.17) is 18.9 Å². The molecule has 286 valence electrons. The minimum atomic E-state index is -5.03. The molecular formula is C42H40F3N3O6S. The maximum Gasteiger partial charge on any atom is 0.471 e. The zero-order valence-electron chi connectivity index (χ0n) is 29.9. The molecule has 5 unspecified atom stereocenters. The molecule has 9 nitrogen and oxygen atoms in total. The predicted octanol–water partition coefficient (Wildman–Crippen LogP) is 8.25. The van der Waals surface area contributed by atoms with Crippen LogP contribution in [0.1, 0.15) is 54.4 Å². The van der Waals surface area contributed by atoms with Crippen molar-refractivity contribution in [1.29, 1.82) is 0 Å². The molecule has 1 aromatic heterocycles. The number of aliphatic hydroxyl groups excluding tert-OH is 1. The highest BCUT2D eigenvalue weighted by Crippen LogP contribution is 2.44. The standard InChI is InChI=1S/C42H40F3N3O6S/c1-26-34(25-55-41-47-35(29-9-4-2-5-10-29)37(54-41)30-11-6-3-7-12-30)52-39(53-36(26)31-18-16-28(24-49)17-19-31)32-20-14-27(15-21-32)23-46-38(50)33-13-8-22-48(33)40(51)42(43,44)45/h2-7,9-12,14-21,26,33-34,36,39,49H,8,13,22-25H2,1H3,(H,46,50). The van der Waals surface area contributed by atoms with E-state index in [2.05, 4.69) is 12.2 Å². The number of hydrogen-bond acceptors (Lipinski definition) is 8. The van der Waals surface area contributed by atoms with Crippen LogP contribution in [0.15, 0.2) is 119 Å². The maximum absolute atomic E-state index is 13.1. The molecule has 2 aliphatic heterocycles. The van der Waals surface area contributed by atoms with Crippen LogP contribution in [0.5, 0.6) is 0 Å². The van der Waals surface area contributed by atoms with Crippen molar-refractivity contribution in [3.8, 4) is 22.6 Å². The number of halogens is 3. The largest absolute Gasteiger partial charge is 0.471 e. The number of nitrogens with zero attached hydrogens (tertiary/aromatic N) is 2. The SMILES string of the molecule is CC1C(CSc2nc(-c3ccccc3)c(-c3ccccc3)o2)OC(c2ccc(CNC(=O)C3CCCN3C(=O)C(F)(F)F)cc2)OC1c1ccc(CO)cc1. The summed E-state index contributed by atoms with van der Waals surface area (Å²) < 4.78 is 58.8. The van der Waals surface area contributed by atoms with Gasteiger partial charge in [-0.1, -0.05) is 128 Å². The highest BCUT2D eigenvalue weighted by Gasteiger charge is 2.47. The second-order valence-corrected chi connectivity index (χ2v) is 14.6. The van der Waals surface area contributed by atoms with Gasteiger partial charge in [0.15, 0.2) is 12.1 Å². The molecule has 5 aromatic rings. The third-order valence-corrected chi connectivity index (χ3v) is 10.9. The molecule has 2 saturated heterocycles. The van der Waals surface area contributed by atoms with Gasteiger partial charge in [-0.2, -0.15) is 13.2 Å². The number of nitrogens with one attached hydrogen (secondary N) is 1. The van der Waals surface area contributed by atoms with Crippen LogP contribution >= 0.6 is 11.8 Å². The molecule has 0 radical (unpaired) electrons. The smallest absolute Gasteiger partial charge is 0.431 e. The van der Waals surface area contributed by atoms with Crippen molar-refractivity contribution in [3.05, 3.63) is 131 Å². The van der Waals surface area contributed by atoms with Crippen LogP contribution in [0.25, 0.3) is 22.6 Å². The summed E-state index contributed by atoms with van der Waals surface area (Å²) in [5.74, 6) is -1.52. The first-order valence-corrected chi connectivity index (χ1v) is 19.1. The quantitative estimate of drug-likeness (QED) is 0.129. The zero-order chi connectivity index (χ0) is 38.5. The third kappa shape index (κ3) is 8.80. The third-order valence-electron chi connectivity index (χ3n) is 9.96. The van der Waals surface area contributed by atoms with E-state index in [1.165, 1.54) is 11.8 Å². The van der Waals surface area contributed by atoms with Crippen molar-refractivity contribution in [2.45, 2.75) is 68.9 Å². The maximum atomic E-state index is 13.1. The fourth-order valence-corrected chi connectivity index (χ4v) is 7.93. The van der Waals surface area contributed by atoms with E-state index in [1.54, 1.807) is 12.1 Å². The van der Waals surface area contributed by atoms with Crippen LogP contribution in [0, 0.1) is 5.92 Å². The molecule has 55 heavy (non-hydrogen) atoms. The first-order valence-electron chi connectivity index (χ1n) is 18.1. The molecule has 13 heteroatoms. The number of benzene rings is 4. The molecule has 0 aliphatic carbocycles. The van der Waals surface area contributed by atoms with E-state index in [-0.39, 0.29) is 44.2 Å². The van der Waals surface area contributed by atoms with Gasteiger partial charge in [-0.15, -0.1) is 0 Å². The lowest BCUT2D eigenvalue weighted by Gasteiger charge is -2.41. The highest BCUT2D eigenvalue weighted by molar-refractivity contribution is 7.99. The van der Waals surface area contributed by atoms with Crippen molar-refractivity contribution in [2.24, 2.45) is 5.92 Å². The number of aliphatic hydroxyl groups is 1. The average Bonchev–Trinajstić information content (AvgIpc) is 3.88. The summed E-state index contributed by atoms with van der Waals surface area (Å²) in [6.45, 7) is 1.96. The predicted molar refractivity (Wildman–Crippen MR) is 200 cm³/mol. The number of rotatable bonds is 11. The Hall–Kier alpha value is -4.95. The Labute approximate surface area is 320 Å². The van der Waals surface area contributed by atoms with Gasteiger partial charge in [0.25, 0.3) is 5.22 Å². The second kappa shape index (κ2) is 16.8. The van der Waals surface area contributed by atoms with Crippen molar-refractivity contribution >= 4 is 23.6 Å². The van der Waals surface area contributed by atoms with Crippen LogP contribution in [0.3, 0.4) is 0 Å². The number of amides is 2. The lowest BCUT2D eigenvalue weighted by atomic mass is 9.91. The van der Waals surface area contributed by atoms with Crippen molar-refractivity contribution in [2.75, 3.05) is 12.3 Å². The number of carbonyl (C=O) groups excluding carboxylic acids is 2. The Morgan fingerprint density at radius 3 is 2.16 bits per heavy atom. The molecule has 0 saturated carbocycles. The number of ether oxygens (including phenoxy) is 2. The van der Waals surface area contributed by atoms with Crippen molar-refractivity contribution in [1.82, 2.24) is 15.2 Å². The van der Waals surface area contributed by atoms with Crippen LogP contribution in [-0.4, -0.2) is 57.4 Å². The summed E-state index contributed by atoms with van der Waals surface area (Å²) in [6, 6.07) is 33.5. The number of carbonyl (C=O) groups is 2. The molecule has 2 aliphatic rings. The zero-order valence-corrected chi connectivity index (χ0v) is 30.8. The normalized spacial score (nSPS) is 21.4.